The normalized spacial score (nSPS) is 32.0. The van der Waals surface area contributed by atoms with Crippen molar-refractivity contribution in [2.45, 2.75) is 63.1 Å². The second-order valence-corrected chi connectivity index (χ2v) is 7.42. The second kappa shape index (κ2) is 6.44. The van der Waals surface area contributed by atoms with Crippen LogP contribution in [0.4, 0.5) is 4.79 Å². The molecule has 0 bridgehead atoms. The zero-order valence-electron chi connectivity index (χ0n) is 12.8. The van der Waals surface area contributed by atoms with Gasteiger partial charge in [0.05, 0.1) is 11.0 Å². The average molecular weight is 316 g/mol. The molecule has 7 heteroatoms. The largest absolute Gasteiger partial charge is 0.480 e. The Kier molecular flexibility index (Phi) is 5.03. The SMILES string of the molecule is CCC1SCC(C(=O)O)N1C(=O)NC1CCOC(C)(C)C1. The number of aliphatic carboxylic acids is 1. The Morgan fingerprint density at radius 3 is 2.76 bits per heavy atom. The van der Waals surface area contributed by atoms with Gasteiger partial charge < -0.3 is 15.2 Å². The molecule has 120 valence electrons. The summed E-state index contributed by atoms with van der Waals surface area (Å²) in [5.74, 6) is -0.471. The van der Waals surface area contributed by atoms with Crippen LogP contribution in [0.2, 0.25) is 0 Å². The van der Waals surface area contributed by atoms with Crippen LogP contribution in [0.25, 0.3) is 0 Å². The molecule has 0 spiro atoms. The zero-order chi connectivity index (χ0) is 15.6. The van der Waals surface area contributed by atoms with Crippen LogP contribution in [0.15, 0.2) is 0 Å². The topological polar surface area (TPSA) is 78.9 Å². The van der Waals surface area contributed by atoms with E-state index in [1.165, 1.54) is 16.7 Å². The first-order valence-electron chi connectivity index (χ1n) is 7.41. The van der Waals surface area contributed by atoms with E-state index in [0.29, 0.717) is 12.4 Å². The molecule has 2 rings (SSSR count). The lowest BCUT2D eigenvalue weighted by atomic mass is 9.94. The fraction of sp³-hybridized carbons (Fsp3) is 0.857. The van der Waals surface area contributed by atoms with Crippen LogP contribution in [0.5, 0.6) is 0 Å². The van der Waals surface area contributed by atoms with E-state index in [2.05, 4.69) is 5.32 Å². The van der Waals surface area contributed by atoms with E-state index < -0.39 is 12.0 Å². The highest BCUT2D eigenvalue weighted by molar-refractivity contribution is 8.00. The Morgan fingerprint density at radius 2 is 2.19 bits per heavy atom. The van der Waals surface area contributed by atoms with E-state index >= 15 is 0 Å². The summed E-state index contributed by atoms with van der Waals surface area (Å²) in [7, 11) is 0. The van der Waals surface area contributed by atoms with E-state index in [1.807, 2.05) is 20.8 Å². The number of hydrogen-bond donors (Lipinski definition) is 2. The van der Waals surface area contributed by atoms with Crippen LogP contribution in [0.1, 0.15) is 40.0 Å². The van der Waals surface area contributed by atoms with Crippen molar-refractivity contribution in [1.29, 1.82) is 0 Å². The molecule has 2 amide bonds. The monoisotopic (exact) mass is 316 g/mol. The van der Waals surface area contributed by atoms with Crippen molar-refractivity contribution in [2.24, 2.45) is 0 Å². The van der Waals surface area contributed by atoms with Crippen LogP contribution in [0, 0.1) is 0 Å². The lowest BCUT2D eigenvalue weighted by Crippen LogP contribution is -2.54. The van der Waals surface area contributed by atoms with Crippen molar-refractivity contribution in [1.82, 2.24) is 10.2 Å². The fourth-order valence-electron chi connectivity index (χ4n) is 2.94. The molecule has 21 heavy (non-hydrogen) atoms. The van der Waals surface area contributed by atoms with E-state index in [4.69, 9.17) is 4.74 Å². The number of ether oxygens (including phenoxy) is 1. The number of nitrogens with zero attached hydrogens (tertiary/aromatic N) is 1. The highest BCUT2D eigenvalue weighted by Crippen LogP contribution is 2.32. The number of amides is 2. The molecule has 0 radical (unpaired) electrons. The van der Waals surface area contributed by atoms with Gasteiger partial charge in [-0.1, -0.05) is 6.92 Å². The predicted molar refractivity (Wildman–Crippen MR) is 81.4 cm³/mol. The number of nitrogens with one attached hydrogen (secondary N) is 1. The Bertz CT molecular complexity index is 416. The maximum absolute atomic E-state index is 12.5. The summed E-state index contributed by atoms with van der Waals surface area (Å²) in [6.07, 6.45) is 2.26. The molecule has 3 unspecified atom stereocenters. The third-order valence-corrected chi connectivity index (χ3v) is 5.44. The summed E-state index contributed by atoms with van der Waals surface area (Å²) < 4.78 is 5.64. The second-order valence-electron chi connectivity index (χ2n) is 6.20. The molecule has 6 nitrogen and oxygen atoms in total. The van der Waals surface area contributed by atoms with Gasteiger partial charge in [-0.3, -0.25) is 4.90 Å². The molecule has 2 aliphatic heterocycles. The first-order chi connectivity index (χ1) is 9.84. The Morgan fingerprint density at radius 1 is 1.48 bits per heavy atom. The molecule has 0 saturated carbocycles. The number of thioether (sulfide) groups is 1. The van der Waals surface area contributed by atoms with Gasteiger partial charge in [-0.2, -0.15) is 0 Å². The number of carbonyl (C=O) groups is 2. The molecule has 0 aromatic rings. The molecule has 2 fully saturated rings. The third-order valence-electron chi connectivity index (χ3n) is 3.99. The third kappa shape index (κ3) is 3.83. The number of carboxylic acids is 1. The summed E-state index contributed by atoms with van der Waals surface area (Å²) >= 11 is 1.54. The molecule has 2 saturated heterocycles. The Balaban J connectivity index is 2.02. The van der Waals surface area contributed by atoms with Crippen molar-refractivity contribution in [3.8, 4) is 0 Å². The molecule has 3 atom stereocenters. The lowest BCUT2D eigenvalue weighted by molar-refractivity contribution is -0.141. The van der Waals surface area contributed by atoms with Crippen LogP contribution in [-0.2, 0) is 9.53 Å². The molecule has 2 heterocycles. The van der Waals surface area contributed by atoms with Gasteiger partial charge in [0.25, 0.3) is 0 Å². The number of carboxylic acid groups (broad SMARTS) is 1. The summed E-state index contributed by atoms with van der Waals surface area (Å²) in [5.41, 5.74) is -0.244. The maximum Gasteiger partial charge on any atom is 0.327 e. The first kappa shape index (κ1) is 16.4. The van der Waals surface area contributed by atoms with Gasteiger partial charge in [-0.05, 0) is 33.1 Å². The van der Waals surface area contributed by atoms with Crippen molar-refractivity contribution >= 4 is 23.8 Å². The summed E-state index contributed by atoms with van der Waals surface area (Å²) in [6, 6.07) is -0.950. The molecular formula is C14H24N2O4S. The lowest BCUT2D eigenvalue weighted by Gasteiger charge is -2.37. The smallest absolute Gasteiger partial charge is 0.327 e. The number of urea groups is 1. The average Bonchev–Trinajstić information content (AvgIpc) is 2.81. The highest BCUT2D eigenvalue weighted by atomic mass is 32.2. The van der Waals surface area contributed by atoms with Crippen LogP contribution < -0.4 is 5.32 Å². The van der Waals surface area contributed by atoms with Gasteiger partial charge in [0.15, 0.2) is 0 Å². The van der Waals surface area contributed by atoms with Gasteiger partial charge in [0.2, 0.25) is 0 Å². The van der Waals surface area contributed by atoms with Gasteiger partial charge in [-0.25, -0.2) is 9.59 Å². The zero-order valence-corrected chi connectivity index (χ0v) is 13.6. The van der Waals surface area contributed by atoms with E-state index in [1.54, 1.807) is 0 Å². The van der Waals surface area contributed by atoms with Gasteiger partial charge in [-0.15, -0.1) is 11.8 Å². The molecular weight excluding hydrogens is 292 g/mol. The van der Waals surface area contributed by atoms with Gasteiger partial charge in [0.1, 0.15) is 6.04 Å². The number of hydrogen-bond acceptors (Lipinski definition) is 4. The predicted octanol–water partition coefficient (Wildman–Crippen LogP) is 1.89. The first-order valence-corrected chi connectivity index (χ1v) is 8.46. The highest BCUT2D eigenvalue weighted by Gasteiger charge is 2.42. The fourth-order valence-corrected chi connectivity index (χ4v) is 4.29. The van der Waals surface area contributed by atoms with Crippen molar-refractivity contribution < 1.29 is 19.4 Å². The maximum atomic E-state index is 12.5. The minimum atomic E-state index is -0.930. The van der Waals surface area contributed by atoms with Crippen LogP contribution >= 0.6 is 11.8 Å². The summed E-state index contributed by atoms with van der Waals surface area (Å²) in [5, 5.41) is 12.2. The number of rotatable bonds is 3. The minimum absolute atomic E-state index is 0.0406. The number of carbonyl (C=O) groups excluding carboxylic acids is 1. The van der Waals surface area contributed by atoms with Gasteiger partial charge in [0, 0.05) is 18.4 Å². The summed E-state index contributed by atoms with van der Waals surface area (Å²) in [4.78, 5) is 25.3. The molecule has 0 aromatic heterocycles. The minimum Gasteiger partial charge on any atom is -0.480 e. The van der Waals surface area contributed by atoms with Crippen molar-refractivity contribution in [3.05, 3.63) is 0 Å². The standard InChI is InChI=1S/C14H24N2O4S/c1-4-11-16(10(8-21-11)12(17)18)13(19)15-9-5-6-20-14(2,3)7-9/h9-11H,4-8H2,1-3H3,(H,15,19)(H,17,18). The van der Waals surface area contributed by atoms with E-state index in [9.17, 15) is 14.7 Å². The van der Waals surface area contributed by atoms with Crippen LogP contribution in [-0.4, -0.2) is 57.4 Å². The Hall–Kier alpha value is -0.950. The Labute approximate surface area is 129 Å². The van der Waals surface area contributed by atoms with E-state index in [-0.39, 0.29) is 23.0 Å². The van der Waals surface area contributed by atoms with Gasteiger partial charge >= 0.3 is 12.0 Å². The summed E-state index contributed by atoms with van der Waals surface area (Å²) in [6.45, 7) is 6.60. The molecule has 0 aliphatic carbocycles. The van der Waals surface area contributed by atoms with Crippen molar-refractivity contribution in [2.75, 3.05) is 12.4 Å². The molecule has 2 N–H and O–H groups in total. The van der Waals surface area contributed by atoms with Crippen LogP contribution in [0.3, 0.4) is 0 Å². The van der Waals surface area contributed by atoms with E-state index in [0.717, 1.165) is 19.3 Å². The molecule has 2 aliphatic rings. The van der Waals surface area contributed by atoms with Crippen molar-refractivity contribution in [3.63, 3.8) is 0 Å². The quantitative estimate of drug-likeness (QED) is 0.831. The molecule has 0 aromatic carbocycles.